The molecule has 1 saturated heterocycles. The number of carbonyl (C=O) groups is 2. The van der Waals surface area contributed by atoms with Gasteiger partial charge in [-0.15, -0.1) is 17.9 Å². The van der Waals surface area contributed by atoms with Crippen molar-refractivity contribution in [2.45, 2.75) is 37.8 Å². The summed E-state index contributed by atoms with van der Waals surface area (Å²) in [5.41, 5.74) is 0. The lowest BCUT2D eigenvalue weighted by Crippen LogP contribution is -2.62. The van der Waals surface area contributed by atoms with E-state index in [0.29, 0.717) is 12.8 Å². The van der Waals surface area contributed by atoms with Crippen LogP contribution in [0, 0.1) is 0 Å². The zero-order valence-electron chi connectivity index (χ0n) is 11.0. The molecule has 1 aliphatic rings. The first kappa shape index (κ1) is 15.3. The molecule has 1 fully saturated rings. The average molecular weight is 357 g/mol. The molecule has 0 spiro atoms. The molecule has 1 aliphatic heterocycles. The summed E-state index contributed by atoms with van der Waals surface area (Å²) in [4.78, 5) is 25.1. The topological polar surface area (TPSA) is 58.2 Å². The maximum atomic E-state index is 12.1. The summed E-state index contributed by atoms with van der Waals surface area (Å²) >= 11 is 5.01. The summed E-state index contributed by atoms with van der Waals surface area (Å²) in [7, 11) is 0. The largest absolute Gasteiger partial charge is 0.343 e. The van der Waals surface area contributed by atoms with Crippen molar-refractivity contribution in [2.75, 3.05) is 0 Å². The van der Waals surface area contributed by atoms with Crippen LogP contribution in [0.3, 0.4) is 0 Å². The monoisotopic (exact) mass is 356 g/mol. The van der Waals surface area contributed by atoms with Crippen LogP contribution in [0.2, 0.25) is 0 Å². The Kier molecular flexibility index (Phi) is 5.37. The van der Waals surface area contributed by atoms with Gasteiger partial charge in [-0.2, -0.15) is 0 Å². The SMILES string of the molecule is C=CCCCC1NC(=O)[C@H](Cc2sccc2Br)NC1=O. The predicted octanol–water partition coefficient (Wildman–Crippen LogP) is 2.39. The number of carbonyl (C=O) groups excluding carboxylic acids is 2. The minimum Gasteiger partial charge on any atom is -0.343 e. The van der Waals surface area contributed by atoms with E-state index < -0.39 is 12.1 Å². The second kappa shape index (κ2) is 7.04. The number of rotatable bonds is 6. The Balaban J connectivity index is 1.92. The maximum absolute atomic E-state index is 12.1. The zero-order valence-corrected chi connectivity index (χ0v) is 13.4. The summed E-state index contributed by atoms with van der Waals surface area (Å²) < 4.78 is 0.984. The Morgan fingerprint density at radius 3 is 2.65 bits per heavy atom. The van der Waals surface area contributed by atoms with Gasteiger partial charge in [0.25, 0.3) is 0 Å². The standard InChI is InChI=1S/C14H17BrN2O2S/c1-2-3-4-5-10-13(18)17-11(14(19)16-10)8-12-9(15)6-7-20-12/h2,6-7,10-11H,1,3-5,8H2,(H,16,19)(H,17,18)/t10?,11-/m0/s1. The molecule has 0 aliphatic carbocycles. The van der Waals surface area contributed by atoms with Crippen molar-refractivity contribution in [3.63, 3.8) is 0 Å². The van der Waals surface area contributed by atoms with Crippen LogP contribution in [0.15, 0.2) is 28.6 Å². The van der Waals surface area contributed by atoms with E-state index in [4.69, 9.17) is 0 Å². The zero-order chi connectivity index (χ0) is 14.5. The number of thiophene rings is 1. The minimum atomic E-state index is -0.479. The minimum absolute atomic E-state index is 0.0914. The van der Waals surface area contributed by atoms with Gasteiger partial charge in [0, 0.05) is 15.8 Å². The number of halogens is 1. The Morgan fingerprint density at radius 2 is 2.00 bits per heavy atom. The molecule has 108 valence electrons. The van der Waals surface area contributed by atoms with E-state index in [1.165, 1.54) is 0 Å². The van der Waals surface area contributed by atoms with Crippen molar-refractivity contribution in [1.82, 2.24) is 10.6 Å². The molecule has 1 aromatic heterocycles. The Hall–Kier alpha value is -1.14. The van der Waals surface area contributed by atoms with Crippen molar-refractivity contribution in [3.8, 4) is 0 Å². The Bertz CT molecular complexity index is 515. The molecular formula is C14H17BrN2O2S. The van der Waals surface area contributed by atoms with E-state index in [9.17, 15) is 9.59 Å². The smallest absolute Gasteiger partial charge is 0.243 e. The fourth-order valence-electron chi connectivity index (χ4n) is 2.15. The van der Waals surface area contributed by atoms with E-state index in [1.54, 1.807) is 11.3 Å². The van der Waals surface area contributed by atoms with Gasteiger partial charge >= 0.3 is 0 Å². The van der Waals surface area contributed by atoms with Crippen LogP contribution in [0.5, 0.6) is 0 Å². The molecule has 0 aromatic carbocycles. The number of hydrogen-bond acceptors (Lipinski definition) is 3. The number of unbranched alkanes of at least 4 members (excludes halogenated alkanes) is 1. The lowest BCUT2D eigenvalue weighted by atomic mass is 10.0. The third-order valence-corrected chi connectivity index (χ3v) is 5.20. The number of piperazine rings is 1. The first-order valence-electron chi connectivity index (χ1n) is 6.55. The highest BCUT2D eigenvalue weighted by Crippen LogP contribution is 2.24. The summed E-state index contributed by atoms with van der Waals surface area (Å²) in [5, 5.41) is 7.59. The van der Waals surface area contributed by atoms with Crippen molar-refractivity contribution in [2.24, 2.45) is 0 Å². The van der Waals surface area contributed by atoms with Crippen molar-refractivity contribution in [1.29, 1.82) is 0 Å². The van der Waals surface area contributed by atoms with Crippen molar-refractivity contribution < 1.29 is 9.59 Å². The third-order valence-electron chi connectivity index (χ3n) is 3.25. The molecule has 20 heavy (non-hydrogen) atoms. The van der Waals surface area contributed by atoms with E-state index in [1.807, 2.05) is 17.5 Å². The third kappa shape index (κ3) is 3.70. The molecule has 2 N–H and O–H groups in total. The molecule has 2 heterocycles. The van der Waals surface area contributed by atoms with Gasteiger partial charge in [0.1, 0.15) is 12.1 Å². The fraction of sp³-hybridized carbons (Fsp3) is 0.429. The number of hydrogen-bond donors (Lipinski definition) is 2. The van der Waals surface area contributed by atoms with Gasteiger partial charge in [0.15, 0.2) is 0 Å². The first-order chi connectivity index (χ1) is 9.61. The van der Waals surface area contributed by atoms with Gasteiger partial charge in [0.2, 0.25) is 11.8 Å². The van der Waals surface area contributed by atoms with Crippen LogP contribution in [0.25, 0.3) is 0 Å². The van der Waals surface area contributed by atoms with E-state index in [2.05, 4.69) is 33.1 Å². The van der Waals surface area contributed by atoms with E-state index in [0.717, 1.165) is 22.2 Å². The molecule has 0 bridgehead atoms. The van der Waals surface area contributed by atoms with Crippen LogP contribution in [0.4, 0.5) is 0 Å². The molecule has 1 unspecified atom stereocenters. The molecule has 0 saturated carbocycles. The highest BCUT2D eigenvalue weighted by Gasteiger charge is 2.33. The molecule has 2 atom stereocenters. The number of nitrogens with one attached hydrogen (secondary N) is 2. The summed E-state index contributed by atoms with van der Waals surface area (Å²) in [6, 6.07) is 1.05. The van der Waals surface area contributed by atoms with Gasteiger partial charge in [-0.25, -0.2) is 0 Å². The number of allylic oxidation sites excluding steroid dienone is 1. The lowest BCUT2D eigenvalue weighted by molar-refractivity contribution is -0.136. The van der Waals surface area contributed by atoms with E-state index >= 15 is 0 Å². The second-order valence-corrected chi connectivity index (χ2v) is 6.59. The van der Waals surface area contributed by atoms with Crippen LogP contribution < -0.4 is 10.6 Å². The lowest BCUT2D eigenvalue weighted by Gasteiger charge is -2.29. The maximum Gasteiger partial charge on any atom is 0.243 e. The first-order valence-corrected chi connectivity index (χ1v) is 8.22. The average Bonchev–Trinajstić information content (AvgIpc) is 2.81. The normalized spacial score (nSPS) is 22.2. The summed E-state index contributed by atoms with van der Waals surface area (Å²) in [6.07, 6.45) is 4.70. The molecule has 1 aromatic rings. The highest BCUT2D eigenvalue weighted by molar-refractivity contribution is 9.10. The van der Waals surface area contributed by atoms with Gasteiger partial charge in [-0.05, 0) is 46.6 Å². The second-order valence-electron chi connectivity index (χ2n) is 4.74. The van der Waals surface area contributed by atoms with Gasteiger partial charge < -0.3 is 10.6 Å². The van der Waals surface area contributed by atoms with Gasteiger partial charge in [-0.1, -0.05) is 6.08 Å². The van der Waals surface area contributed by atoms with Crippen LogP contribution >= 0.6 is 27.3 Å². The fourth-order valence-corrected chi connectivity index (χ4v) is 3.71. The number of amides is 2. The molecule has 2 amide bonds. The van der Waals surface area contributed by atoms with Gasteiger partial charge in [0.05, 0.1) is 0 Å². The predicted molar refractivity (Wildman–Crippen MR) is 83.6 cm³/mol. The molecular weight excluding hydrogens is 340 g/mol. The molecule has 0 radical (unpaired) electrons. The Labute approximate surface area is 130 Å². The van der Waals surface area contributed by atoms with E-state index in [-0.39, 0.29) is 11.8 Å². The molecule has 6 heteroatoms. The summed E-state index contributed by atoms with van der Waals surface area (Å²) in [5.74, 6) is -0.195. The van der Waals surface area contributed by atoms with Crippen molar-refractivity contribution >= 4 is 39.1 Å². The van der Waals surface area contributed by atoms with Crippen molar-refractivity contribution in [3.05, 3.63) is 33.5 Å². The highest BCUT2D eigenvalue weighted by atomic mass is 79.9. The molecule has 2 rings (SSSR count). The Morgan fingerprint density at radius 1 is 1.30 bits per heavy atom. The molecule has 4 nitrogen and oxygen atoms in total. The van der Waals surface area contributed by atoms with Crippen LogP contribution in [-0.4, -0.2) is 23.9 Å². The van der Waals surface area contributed by atoms with Crippen LogP contribution in [0.1, 0.15) is 24.1 Å². The summed E-state index contributed by atoms with van der Waals surface area (Å²) in [6.45, 7) is 3.65. The van der Waals surface area contributed by atoms with Gasteiger partial charge in [-0.3, -0.25) is 9.59 Å². The van der Waals surface area contributed by atoms with Crippen LogP contribution in [-0.2, 0) is 16.0 Å². The quantitative estimate of drug-likeness (QED) is 0.607.